The monoisotopic (exact) mass is 714 g/mol. The average Bonchev–Trinajstić information content (AvgIpc) is 3.53. The molecule has 1 aliphatic rings. The largest absolute Gasteiger partial charge is 0.456 e. The zero-order chi connectivity index (χ0) is 37.0. The molecule has 0 bridgehead atoms. The molecule has 262 valence electrons. The fourth-order valence-corrected chi connectivity index (χ4v) is 8.40. The predicted octanol–water partition coefficient (Wildman–Crippen LogP) is 14.0. The minimum Gasteiger partial charge on any atom is -0.456 e. The van der Waals surface area contributed by atoms with Crippen LogP contribution < -0.4 is 4.74 Å². The Bertz CT molecular complexity index is 3090. The second kappa shape index (κ2) is 13.1. The molecule has 0 atom stereocenters. The standard InChI is InChI=1S/C53H34N2O/c1-4-15-35(16-5-1)40-33-47(38-20-8-3-9-21-38)54-51(34-40)55-48-29-27-37-19-10-11-22-42(37)52(48)45-25-14-24-43(53(45)55)39-28-30-49-41(31-39)32-46(36-17-6-2-7-18-36)44-23-12-13-26-50(44)56-49/h1-34H. The third-order valence-corrected chi connectivity index (χ3v) is 11.0. The molecule has 0 unspecified atom stereocenters. The summed E-state index contributed by atoms with van der Waals surface area (Å²) in [5, 5.41) is 4.83. The highest BCUT2D eigenvalue weighted by Crippen LogP contribution is 2.45. The molecule has 0 amide bonds. The van der Waals surface area contributed by atoms with E-state index in [2.05, 4.69) is 205 Å². The third-order valence-electron chi connectivity index (χ3n) is 11.0. The van der Waals surface area contributed by atoms with Crippen LogP contribution in [0.15, 0.2) is 200 Å². The lowest BCUT2D eigenvalue weighted by molar-refractivity contribution is 0.481. The molecule has 0 aliphatic carbocycles. The average molecular weight is 715 g/mol. The minimum absolute atomic E-state index is 0.829. The summed E-state index contributed by atoms with van der Waals surface area (Å²) in [5.41, 5.74) is 13.1. The number of fused-ring (bicyclic) bond motifs is 7. The van der Waals surface area contributed by atoms with E-state index in [1.54, 1.807) is 0 Å². The van der Waals surface area contributed by atoms with Crippen LogP contribution in [0.3, 0.4) is 0 Å². The van der Waals surface area contributed by atoms with Crippen molar-refractivity contribution in [3.05, 3.63) is 217 Å². The molecular weight excluding hydrogens is 681 g/mol. The molecule has 1 aliphatic heterocycles. The molecule has 0 fully saturated rings. The summed E-state index contributed by atoms with van der Waals surface area (Å²) in [7, 11) is 0. The van der Waals surface area contributed by atoms with Gasteiger partial charge in [-0.25, -0.2) is 4.98 Å². The molecule has 3 heterocycles. The molecule has 0 saturated carbocycles. The van der Waals surface area contributed by atoms with E-state index in [4.69, 9.17) is 9.72 Å². The first-order chi connectivity index (χ1) is 27.8. The number of rotatable bonds is 5. The van der Waals surface area contributed by atoms with E-state index in [1.165, 1.54) is 21.5 Å². The molecule has 3 heteroatoms. The topological polar surface area (TPSA) is 27.1 Å². The van der Waals surface area contributed by atoms with Gasteiger partial charge in [-0.15, -0.1) is 0 Å². The first-order valence-corrected chi connectivity index (χ1v) is 19.0. The second-order valence-corrected chi connectivity index (χ2v) is 14.3. The Morgan fingerprint density at radius 1 is 0.429 bits per heavy atom. The van der Waals surface area contributed by atoms with E-state index in [1.807, 2.05) is 6.07 Å². The maximum absolute atomic E-state index is 6.66. The maximum Gasteiger partial charge on any atom is 0.138 e. The molecule has 3 nitrogen and oxygen atoms in total. The lowest BCUT2D eigenvalue weighted by Crippen LogP contribution is -2.01. The molecule has 8 aromatic carbocycles. The number of pyridine rings is 1. The molecule has 0 N–H and O–H groups in total. The zero-order valence-electron chi connectivity index (χ0n) is 30.4. The molecule has 0 spiro atoms. The van der Waals surface area contributed by atoms with Gasteiger partial charge in [-0.1, -0.05) is 164 Å². The van der Waals surface area contributed by atoms with Gasteiger partial charge in [0.05, 0.1) is 16.7 Å². The Morgan fingerprint density at radius 3 is 1.93 bits per heavy atom. The highest BCUT2D eigenvalue weighted by Gasteiger charge is 2.23. The van der Waals surface area contributed by atoms with Crippen molar-refractivity contribution in [2.24, 2.45) is 0 Å². The number of aromatic nitrogens is 2. The van der Waals surface area contributed by atoms with E-state index in [0.29, 0.717) is 0 Å². The van der Waals surface area contributed by atoms with Gasteiger partial charge in [0, 0.05) is 33.0 Å². The Labute approximate surface area is 325 Å². The second-order valence-electron chi connectivity index (χ2n) is 14.3. The van der Waals surface area contributed by atoms with Gasteiger partial charge in [-0.2, -0.15) is 0 Å². The lowest BCUT2D eigenvalue weighted by Gasteiger charge is -2.15. The Balaban J connectivity index is 1.20. The number of benzene rings is 8. The Morgan fingerprint density at radius 2 is 1.11 bits per heavy atom. The number of ether oxygens (including phenoxy) is 1. The number of hydrogen-bond acceptors (Lipinski definition) is 2. The highest BCUT2D eigenvalue weighted by atomic mass is 16.5. The summed E-state index contributed by atoms with van der Waals surface area (Å²) in [6, 6.07) is 70.9. The van der Waals surface area contributed by atoms with Gasteiger partial charge in [0.25, 0.3) is 0 Å². The van der Waals surface area contributed by atoms with Crippen molar-refractivity contribution >= 4 is 44.2 Å². The molecule has 56 heavy (non-hydrogen) atoms. The molecule has 0 saturated heterocycles. The maximum atomic E-state index is 6.66. The van der Waals surface area contributed by atoms with Crippen molar-refractivity contribution in [1.29, 1.82) is 0 Å². The SMILES string of the molecule is C1=C(c2ccccc2)c2ccccc2Oc2ccc(-c3cccc4c5c6ccccc6ccc5n(-c5cc(-c6ccccc6)cc(-c6ccccc6)n5)c34)cc21. The minimum atomic E-state index is 0.829. The van der Waals surface area contributed by atoms with Gasteiger partial charge in [0.1, 0.15) is 17.3 Å². The van der Waals surface area contributed by atoms with E-state index >= 15 is 0 Å². The van der Waals surface area contributed by atoms with Crippen molar-refractivity contribution in [2.45, 2.75) is 0 Å². The van der Waals surface area contributed by atoms with Gasteiger partial charge in [-0.05, 0) is 81.1 Å². The van der Waals surface area contributed by atoms with Gasteiger partial charge < -0.3 is 4.74 Å². The lowest BCUT2D eigenvalue weighted by atomic mass is 9.94. The van der Waals surface area contributed by atoms with Crippen LogP contribution in [0.5, 0.6) is 11.5 Å². The summed E-state index contributed by atoms with van der Waals surface area (Å²) in [5.74, 6) is 2.55. The Hall–Kier alpha value is -7.49. The van der Waals surface area contributed by atoms with E-state index in [-0.39, 0.29) is 0 Å². The van der Waals surface area contributed by atoms with Gasteiger partial charge in [0.15, 0.2) is 0 Å². The molecule has 2 aromatic heterocycles. The van der Waals surface area contributed by atoms with Crippen LogP contribution in [0.1, 0.15) is 16.7 Å². The smallest absolute Gasteiger partial charge is 0.138 e. The van der Waals surface area contributed by atoms with Gasteiger partial charge in [-0.3, -0.25) is 4.57 Å². The number of nitrogens with zero attached hydrogens (tertiary/aromatic N) is 2. The first kappa shape index (κ1) is 32.0. The van der Waals surface area contributed by atoms with E-state index < -0.39 is 0 Å². The van der Waals surface area contributed by atoms with Crippen LogP contribution in [-0.2, 0) is 0 Å². The van der Waals surface area contributed by atoms with Crippen molar-refractivity contribution in [3.63, 3.8) is 0 Å². The fourth-order valence-electron chi connectivity index (χ4n) is 8.40. The van der Waals surface area contributed by atoms with Crippen LogP contribution in [0.25, 0.3) is 83.6 Å². The predicted molar refractivity (Wildman–Crippen MR) is 232 cm³/mol. The van der Waals surface area contributed by atoms with Crippen molar-refractivity contribution in [1.82, 2.24) is 9.55 Å². The normalized spacial score (nSPS) is 12.2. The molecular formula is C53H34N2O. The van der Waals surface area contributed by atoms with Gasteiger partial charge in [0.2, 0.25) is 0 Å². The summed E-state index contributed by atoms with van der Waals surface area (Å²) in [6.07, 6.45) is 2.28. The zero-order valence-corrected chi connectivity index (χ0v) is 30.4. The van der Waals surface area contributed by atoms with Crippen molar-refractivity contribution in [2.75, 3.05) is 0 Å². The molecule has 11 rings (SSSR count). The van der Waals surface area contributed by atoms with E-state index in [0.717, 1.165) is 84.1 Å². The van der Waals surface area contributed by atoms with Crippen molar-refractivity contribution in [3.8, 4) is 50.8 Å². The first-order valence-electron chi connectivity index (χ1n) is 19.0. The summed E-state index contributed by atoms with van der Waals surface area (Å²) in [4.78, 5) is 5.47. The molecule has 10 aromatic rings. The third kappa shape index (κ3) is 5.32. The van der Waals surface area contributed by atoms with Crippen LogP contribution in [0.2, 0.25) is 0 Å². The summed E-state index contributed by atoms with van der Waals surface area (Å²) in [6.45, 7) is 0. The Kier molecular flexibility index (Phi) is 7.49. The number of para-hydroxylation sites is 2. The molecule has 0 radical (unpaired) electrons. The van der Waals surface area contributed by atoms with Crippen LogP contribution in [0, 0.1) is 0 Å². The highest BCUT2D eigenvalue weighted by molar-refractivity contribution is 6.23. The van der Waals surface area contributed by atoms with Crippen LogP contribution >= 0.6 is 0 Å². The van der Waals surface area contributed by atoms with Crippen LogP contribution in [0.4, 0.5) is 0 Å². The fraction of sp³-hybridized carbons (Fsp3) is 0. The summed E-state index contributed by atoms with van der Waals surface area (Å²) < 4.78 is 9.05. The quantitative estimate of drug-likeness (QED) is 0.177. The van der Waals surface area contributed by atoms with E-state index in [9.17, 15) is 0 Å². The van der Waals surface area contributed by atoms with Crippen LogP contribution in [-0.4, -0.2) is 9.55 Å². The summed E-state index contributed by atoms with van der Waals surface area (Å²) >= 11 is 0. The number of hydrogen-bond donors (Lipinski definition) is 0. The van der Waals surface area contributed by atoms with Crippen molar-refractivity contribution < 1.29 is 4.74 Å². The van der Waals surface area contributed by atoms with Gasteiger partial charge >= 0.3 is 0 Å².